The highest BCUT2D eigenvalue weighted by Crippen LogP contribution is 2.23. The number of piperidine rings is 1. The second kappa shape index (κ2) is 10.6. The van der Waals surface area contributed by atoms with Gasteiger partial charge < -0.3 is 20.3 Å². The number of benzene rings is 2. The maximum Gasteiger partial charge on any atom is 0.226 e. The van der Waals surface area contributed by atoms with Crippen LogP contribution >= 0.6 is 0 Å². The summed E-state index contributed by atoms with van der Waals surface area (Å²) in [6, 6.07) is 14.5. The minimum atomic E-state index is -0.430. The van der Waals surface area contributed by atoms with Crippen molar-refractivity contribution in [3.8, 4) is 5.75 Å². The molecule has 7 nitrogen and oxygen atoms in total. The largest absolute Gasteiger partial charge is 0.497 e. The number of amides is 3. The third-order valence-electron chi connectivity index (χ3n) is 5.32. The lowest BCUT2D eigenvalue weighted by Crippen LogP contribution is -2.35. The highest BCUT2D eigenvalue weighted by Gasteiger charge is 2.20. The van der Waals surface area contributed by atoms with Crippen LogP contribution in [0, 0.1) is 0 Å². The number of ether oxygens (including phenoxy) is 1. The van der Waals surface area contributed by atoms with E-state index in [4.69, 9.17) is 4.74 Å². The summed E-state index contributed by atoms with van der Waals surface area (Å²) >= 11 is 0. The van der Waals surface area contributed by atoms with Gasteiger partial charge in [0.25, 0.3) is 0 Å². The van der Waals surface area contributed by atoms with Gasteiger partial charge in [0.05, 0.1) is 19.6 Å². The molecule has 1 unspecified atom stereocenters. The third kappa shape index (κ3) is 6.31. The average molecular weight is 424 g/mol. The normalized spacial score (nSPS) is 14.6. The van der Waals surface area contributed by atoms with Gasteiger partial charge in [-0.3, -0.25) is 14.4 Å². The van der Waals surface area contributed by atoms with E-state index in [2.05, 4.69) is 10.6 Å². The monoisotopic (exact) mass is 423 g/mol. The maximum absolute atomic E-state index is 12.6. The van der Waals surface area contributed by atoms with E-state index in [-0.39, 0.29) is 24.1 Å². The van der Waals surface area contributed by atoms with Crippen LogP contribution in [0.4, 0.5) is 5.69 Å². The lowest BCUT2D eigenvalue weighted by atomic mass is 10.0. The van der Waals surface area contributed by atoms with Crippen molar-refractivity contribution in [2.45, 2.75) is 45.2 Å². The highest BCUT2D eigenvalue weighted by atomic mass is 16.5. The van der Waals surface area contributed by atoms with Crippen LogP contribution in [0.5, 0.6) is 5.75 Å². The molecular weight excluding hydrogens is 394 g/mol. The summed E-state index contributed by atoms with van der Waals surface area (Å²) in [5.41, 5.74) is 2.62. The molecule has 0 spiro atoms. The molecule has 2 N–H and O–H groups in total. The number of hydrogen-bond acceptors (Lipinski definition) is 4. The molecule has 0 aromatic heterocycles. The van der Waals surface area contributed by atoms with Crippen molar-refractivity contribution in [1.82, 2.24) is 10.6 Å². The zero-order valence-electron chi connectivity index (χ0n) is 18.0. The molecule has 1 aliphatic heterocycles. The minimum absolute atomic E-state index is 0.121. The van der Waals surface area contributed by atoms with Crippen LogP contribution in [0.15, 0.2) is 48.5 Å². The fourth-order valence-electron chi connectivity index (χ4n) is 3.71. The molecule has 3 amide bonds. The Balaban J connectivity index is 1.61. The van der Waals surface area contributed by atoms with Crippen molar-refractivity contribution in [1.29, 1.82) is 0 Å². The summed E-state index contributed by atoms with van der Waals surface area (Å²) in [6.07, 6.45) is 2.64. The van der Waals surface area contributed by atoms with E-state index in [9.17, 15) is 14.4 Å². The smallest absolute Gasteiger partial charge is 0.226 e. The zero-order valence-corrected chi connectivity index (χ0v) is 18.0. The van der Waals surface area contributed by atoms with Gasteiger partial charge in [0.1, 0.15) is 5.75 Å². The van der Waals surface area contributed by atoms with E-state index in [1.807, 2.05) is 41.3 Å². The van der Waals surface area contributed by atoms with Crippen molar-refractivity contribution in [3.63, 3.8) is 0 Å². The summed E-state index contributed by atoms with van der Waals surface area (Å²) in [5, 5.41) is 5.75. The van der Waals surface area contributed by atoms with Gasteiger partial charge in [-0.05, 0) is 48.2 Å². The van der Waals surface area contributed by atoms with Crippen LogP contribution in [0.1, 0.15) is 49.8 Å². The number of carbonyl (C=O) groups is 3. The first-order chi connectivity index (χ1) is 15.0. The molecule has 1 heterocycles. The molecule has 2 aromatic carbocycles. The molecule has 3 rings (SSSR count). The number of hydrogen-bond donors (Lipinski definition) is 2. The van der Waals surface area contributed by atoms with Gasteiger partial charge in [0.15, 0.2) is 0 Å². The Bertz CT molecular complexity index is 927. The van der Waals surface area contributed by atoms with Crippen molar-refractivity contribution in [3.05, 3.63) is 59.7 Å². The molecule has 1 aliphatic rings. The maximum atomic E-state index is 12.6. The fourth-order valence-corrected chi connectivity index (χ4v) is 3.71. The number of methoxy groups -OCH3 is 1. The SMILES string of the molecule is COc1ccc(C(CC(=O)NCc2cccc(N3CCCCC3=O)c2)NC(C)=O)cc1. The van der Waals surface area contributed by atoms with Crippen molar-refractivity contribution < 1.29 is 19.1 Å². The number of nitrogens with one attached hydrogen (secondary N) is 2. The van der Waals surface area contributed by atoms with Crippen molar-refractivity contribution >= 4 is 23.4 Å². The van der Waals surface area contributed by atoms with Gasteiger partial charge in [0, 0.05) is 32.1 Å². The van der Waals surface area contributed by atoms with Crippen LogP contribution in [0.3, 0.4) is 0 Å². The first-order valence-corrected chi connectivity index (χ1v) is 10.5. The Morgan fingerprint density at radius 3 is 2.58 bits per heavy atom. The Morgan fingerprint density at radius 1 is 1.13 bits per heavy atom. The van der Waals surface area contributed by atoms with Crippen LogP contribution in [-0.2, 0) is 20.9 Å². The molecule has 2 aromatic rings. The second-order valence-electron chi connectivity index (χ2n) is 7.68. The van der Waals surface area contributed by atoms with Gasteiger partial charge >= 0.3 is 0 Å². The Labute approximate surface area is 182 Å². The zero-order chi connectivity index (χ0) is 22.2. The third-order valence-corrected chi connectivity index (χ3v) is 5.32. The van der Waals surface area contributed by atoms with Crippen LogP contribution < -0.4 is 20.3 Å². The van der Waals surface area contributed by atoms with E-state index in [1.54, 1.807) is 19.2 Å². The standard InChI is InChI=1S/C24H29N3O4/c1-17(28)26-22(19-9-11-21(31-2)12-10-19)15-23(29)25-16-18-6-5-7-20(14-18)27-13-4-3-8-24(27)30/h5-7,9-12,14,22H,3-4,8,13,15-16H2,1-2H3,(H,25,29)(H,26,28). The summed E-state index contributed by atoms with van der Waals surface area (Å²) < 4.78 is 5.17. The fraction of sp³-hybridized carbons (Fsp3) is 0.375. The molecule has 31 heavy (non-hydrogen) atoms. The molecule has 0 bridgehead atoms. The van der Waals surface area contributed by atoms with Crippen molar-refractivity contribution in [2.24, 2.45) is 0 Å². The Kier molecular flexibility index (Phi) is 7.65. The predicted octanol–water partition coefficient (Wildman–Crippen LogP) is 3.10. The summed E-state index contributed by atoms with van der Waals surface area (Å²) in [6.45, 7) is 2.51. The number of nitrogens with zero attached hydrogens (tertiary/aromatic N) is 1. The summed E-state index contributed by atoms with van der Waals surface area (Å²) in [4.78, 5) is 38.2. The van der Waals surface area contributed by atoms with Crippen LogP contribution in [0.25, 0.3) is 0 Å². The van der Waals surface area contributed by atoms with E-state index in [1.165, 1.54) is 6.92 Å². The van der Waals surface area contributed by atoms with Crippen LogP contribution in [0.2, 0.25) is 0 Å². The summed E-state index contributed by atoms with van der Waals surface area (Å²) in [7, 11) is 1.59. The van der Waals surface area contributed by atoms with Gasteiger partial charge in [-0.1, -0.05) is 24.3 Å². The molecule has 164 valence electrons. The van der Waals surface area contributed by atoms with E-state index in [0.29, 0.717) is 18.7 Å². The molecule has 1 atom stereocenters. The van der Waals surface area contributed by atoms with Gasteiger partial charge in [0.2, 0.25) is 17.7 Å². The first-order valence-electron chi connectivity index (χ1n) is 10.5. The molecule has 0 aliphatic carbocycles. The average Bonchev–Trinajstić information content (AvgIpc) is 2.77. The van der Waals surface area contributed by atoms with Gasteiger partial charge in [-0.15, -0.1) is 0 Å². The lowest BCUT2D eigenvalue weighted by Gasteiger charge is -2.27. The molecule has 1 saturated heterocycles. The first kappa shape index (κ1) is 22.3. The quantitative estimate of drug-likeness (QED) is 0.683. The number of rotatable bonds is 8. The summed E-state index contributed by atoms with van der Waals surface area (Å²) in [5.74, 6) is 0.480. The predicted molar refractivity (Wildman–Crippen MR) is 119 cm³/mol. The molecule has 0 saturated carbocycles. The minimum Gasteiger partial charge on any atom is -0.497 e. The molecule has 0 radical (unpaired) electrons. The van der Waals surface area contributed by atoms with E-state index < -0.39 is 6.04 Å². The number of anilines is 1. The molecule has 7 heteroatoms. The van der Waals surface area contributed by atoms with E-state index >= 15 is 0 Å². The van der Waals surface area contributed by atoms with Gasteiger partial charge in [-0.25, -0.2) is 0 Å². The van der Waals surface area contributed by atoms with Gasteiger partial charge in [-0.2, -0.15) is 0 Å². The lowest BCUT2D eigenvalue weighted by molar-refractivity contribution is -0.123. The Hall–Kier alpha value is -3.35. The topological polar surface area (TPSA) is 87.7 Å². The van der Waals surface area contributed by atoms with E-state index in [0.717, 1.165) is 36.2 Å². The Morgan fingerprint density at radius 2 is 1.90 bits per heavy atom. The second-order valence-corrected chi connectivity index (χ2v) is 7.68. The molecule has 1 fully saturated rings. The van der Waals surface area contributed by atoms with Crippen LogP contribution in [-0.4, -0.2) is 31.4 Å². The van der Waals surface area contributed by atoms with Crippen molar-refractivity contribution in [2.75, 3.05) is 18.6 Å². The number of carbonyl (C=O) groups excluding carboxylic acids is 3. The highest BCUT2D eigenvalue weighted by molar-refractivity contribution is 5.94. The molecular formula is C24H29N3O4.